The van der Waals surface area contributed by atoms with Gasteiger partial charge in [0, 0.05) is 29.8 Å². The van der Waals surface area contributed by atoms with Gasteiger partial charge in [-0.3, -0.25) is 4.68 Å². The summed E-state index contributed by atoms with van der Waals surface area (Å²) in [7, 11) is 0. The average Bonchev–Trinajstić information content (AvgIpc) is 3.61. The van der Waals surface area contributed by atoms with Crippen LogP contribution in [0.1, 0.15) is 85.4 Å². The number of halogens is 1. The molecule has 2 atom stereocenters. The van der Waals surface area contributed by atoms with E-state index in [-0.39, 0.29) is 17.8 Å². The molecular weight excluding hydrogens is 455 g/mol. The molecular formula is C28H31FN6O. The lowest BCUT2D eigenvalue weighted by Gasteiger charge is -2.28. The molecule has 1 aliphatic heterocycles. The number of aromatic nitrogens is 6. The van der Waals surface area contributed by atoms with Crippen molar-refractivity contribution in [2.45, 2.75) is 77.4 Å². The summed E-state index contributed by atoms with van der Waals surface area (Å²) in [6.45, 7) is 6.53. The van der Waals surface area contributed by atoms with Gasteiger partial charge in [0.05, 0.1) is 29.7 Å². The molecule has 7 nitrogen and oxygen atoms in total. The van der Waals surface area contributed by atoms with E-state index in [0.717, 1.165) is 48.2 Å². The Morgan fingerprint density at radius 1 is 1.06 bits per heavy atom. The van der Waals surface area contributed by atoms with Crippen LogP contribution < -0.4 is 0 Å². The highest BCUT2D eigenvalue weighted by Crippen LogP contribution is 2.40. The molecule has 2 aliphatic rings. The SMILES string of the molecule is CCCc1ccc(-c2nc([C@@H]3CCO[C@H](c4cnn(C5CC5)c4)C3)nc3nc(C)c(C)nc23)c(F)c1. The molecule has 6 rings (SSSR count). The molecule has 2 fully saturated rings. The molecule has 8 heteroatoms. The van der Waals surface area contributed by atoms with Crippen molar-refractivity contribution < 1.29 is 9.13 Å². The molecule has 0 unspecified atom stereocenters. The highest BCUT2D eigenvalue weighted by molar-refractivity contribution is 5.87. The molecule has 0 spiro atoms. The first kappa shape index (κ1) is 23.2. The van der Waals surface area contributed by atoms with Gasteiger partial charge in [-0.2, -0.15) is 5.10 Å². The zero-order valence-electron chi connectivity index (χ0n) is 21.0. The Labute approximate surface area is 210 Å². The van der Waals surface area contributed by atoms with Gasteiger partial charge in [-0.25, -0.2) is 24.3 Å². The maximum Gasteiger partial charge on any atom is 0.182 e. The summed E-state index contributed by atoms with van der Waals surface area (Å²) < 4.78 is 23.5. The van der Waals surface area contributed by atoms with E-state index >= 15 is 4.39 Å². The van der Waals surface area contributed by atoms with Crippen LogP contribution in [-0.4, -0.2) is 36.3 Å². The molecule has 4 aromatic rings. The number of hydrogen-bond donors (Lipinski definition) is 0. The summed E-state index contributed by atoms with van der Waals surface area (Å²) in [4.78, 5) is 19.3. The van der Waals surface area contributed by atoms with Crippen LogP contribution in [0.4, 0.5) is 4.39 Å². The standard InChI is InChI=1S/C28H31FN6O/c1-4-5-18-6-9-22(23(29)12-18)25-26-28(32-17(3)16(2)31-26)34-27(33-25)19-10-11-36-24(13-19)20-14-30-35(15-20)21-7-8-21/h6,9,12,14-15,19,21,24H,4-5,7-8,10-11,13H2,1-3H3/t19-,24+/m1/s1. The average molecular weight is 487 g/mol. The number of nitrogens with zero attached hydrogens (tertiary/aromatic N) is 6. The fraction of sp³-hybridized carbons (Fsp3) is 0.464. The zero-order chi connectivity index (χ0) is 24.8. The van der Waals surface area contributed by atoms with Crippen molar-refractivity contribution in [2.24, 2.45) is 0 Å². The molecule has 3 aromatic heterocycles. The van der Waals surface area contributed by atoms with Crippen molar-refractivity contribution >= 4 is 11.2 Å². The van der Waals surface area contributed by atoms with E-state index < -0.39 is 0 Å². The van der Waals surface area contributed by atoms with E-state index in [1.165, 1.54) is 12.8 Å². The van der Waals surface area contributed by atoms with Crippen molar-refractivity contribution in [1.82, 2.24) is 29.7 Å². The number of hydrogen-bond acceptors (Lipinski definition) is 6. The zero-order valence-corrected chi connectivity index (χ0v) is 21.0. The summed E-state index contributed by atoms with van der Waals surface area (Å²) in [5.74, 6) is 0.459. The van der Waals surface area contributed by atoms with Gasteiger partial charge in [0.1, 0.15) is 22.9 Å². The quantitative estimate of drug-likeness (QED) is 0.334. The lowest BCUT2D eigenvalue weighted by Crippen LogP contribution is -2.20. The van der Waals surface area contributed by atoms with E-state index in [2.05, 4.69) is 22.9 Å². The first-order chi connectivity index (χ1) is 17.5. The Morgan fingerprint density at radius 2 is 1.89 bits per heavy atom. The van der Waals surface area contributed by atoms with Crippen molar-refractivity contribution in [3.8, 4) is 11.3 Å². The van der Waals surface area contributed by atoms with Crippen LogP contribution in [0.5, 0.6) is 0 Å². The van der Waals surface area contributed by atoms with Gasteiger partial charge in [-0.15, -0.1) is 0 Å². The van der Waals surface area contributed by atoms with Crippen LogP contribution in [0.25, 0.3) is 22.4 Å². The van der Waals surface area contributed by atoms with Crippen LogP contribution in [0.2, 0.25) is 0 Å². The topological polar surface area (TPSA) is 78.6 Å². The van der Waals surface area contributed by atoms with Crippen molar-refractivity contribution in [3.63, 3.8) is 0 Å². The smallest absolute Gasteiger partial charge is 0.182 e. The summed E-state index contributed by atoms with van der Waals surface area (Å²) in [6.07, 6.45) is 9.71. The lowest BCUT2D eigenvalue weighted by molar-refractivity contribution is 0.00396. The van der Waals surface area contributed by atoms with Gasteiger partial charge in [-0.1, -0.05) is 19.4 Å². The minimum absolute atomic E-state index is 0.0603. The van der Waals surface area contributed by atoms with Crippen LogP contribution in [0.3, 0.4) is 0 Å². The van der Waals surface area contributed by atoms with Gasteiger partial charge < -0.3 is 4.74 Å². The van der Waals surface area contributed by atoms with Gasteiger partial charge in [0.15, 0.2) is 5.65 Å². The summed E-state index contributed by atoms with van der Waals surface area (Å²) in [5.41, 5.74) is 5.69. The molecule has 1 aromatic carbocycles. The molecule has 0 N–H and O–H groups in total. The number of ether oxygens (including phenoxy) is 1. The molecule has 4 heterocycles. The van der Waals surface area contributed by atoms with E-state index in [9.17, 15) is 0 Å². The summed E-state index contributed by atoms with van der Waals surface area (Å²) in [6, 6.07) is 5.95. The Balaban J connectivity index is 1.40. The van der Waals surface area contributed by atoms with Crippen molar-refractivity contribution in [2.75, 3.05) is 6.61 Å². The molecule has 186 valence electrons. The van der Waals surface area contributed by atoms with E-state index in [1.54, 1.807) is 6.07 Å². The fourth-order valence-corrected chi connectivity index (χ4v) is 5.02. The second kappa shape index (κ2) is 9.32. The second-order valence-corrected chi connectivity index (χ2v) is 10.1. The van der Waals surface area contributed by atoms with Gasteiger partial charge in [0.2, 0.25) is 0 Å². The third-order valence-electron chi connectivity index (χ3n) is 7.35. The normalized spacial score (nSPS) is 20.2. The van der Waals surface area contributed by atoms with Crippen molar-refractivity contribution in [1.29, 1.82) is 0 Å². The highest BCUT2D eigenvalue weighted by Gasteiger charge is 2.31. The van der Waals surface area contributed by atoms with Crippen LogP contribution in [-0.2, 0) is 11.2 Å². The fourth-order valence-electron chi connectivity index (χ4n) is 5.02. The lowest BCUT2D eigenvalue weighted by atomic mass is 9.92. The monoisotopic (exact) mass is 486 g/mol. The predicted octanol–water partition coefficient (Wildman–Crippen LogP) is 5.96. The minimum Gasteiger partial charge on any atom is -0.373 e. The van der Waals surface area contributed by atoms with Gasteiger partial charge >= 0.3 is 0 Å². The molecule has 0 bridgehead atoms. The number of fused-ring (bicyclic) bond motifs is 1. The molecule has 1 saturated heterocycles. The summed E-state index contributed by atoms with van der Waals surface area (Å²) >= 11 is 0. The third kappa shape index (κ3) is 4.39. The molecule has 0 radical (unpaired) electrons. The maximum absolute atomic E-state index is 15.4. The van der Waals surface area contributed by atoms with Crippen LogP contribution in [0, 0.1) is 19.7 Å². The molecule has 1 aliphatic carbocycles. The maximum atomic E-state index is 15.4. The van der Waals surface area contributed by atoms with Crippen molar-refractivity contribution in [3.05, 3.63) is 64.7 Å². The number of aryl methyl sites for hydroxylation is 3. The molecule has 1 saturated carbocycles. The highest BCUT2D eigenvalue weighted by atomic mass is 19.1. The molecule has 36 heavy (non-hydrogen) atoms. The van der Waals surface area contributed by atoms with E-state index in [0.29, 0.717) is 40.9 Å². The third-order valence-corrected chi connectivity index (χ3v) is 7.35. The first-order valence-corrected chi connectivity index (χ1v) is 13.0. The summed E-state index contributed by atoms with van der Waals surface area (Å²) in [5, 5.41) is 4.54. The Kier molecular flexibility index (Phi) is 5.99. The number of benzene rings is 1. The van der Waals surface area contributed by atoms with Gasteiger partial charge in [-0.05, 0) is 63.6 Å². The Bertz CT molecular complexity index is 1430. The second-order valence-electron chi connectivity index (χ2n) is 10.1. The van der Waals surface area contributed by atoms with Crippen LogP contribution >= 0.6 is 0 Å². The minimum atomic E-state index is -0.288. The first-order valence-electron chi connectivity index (χ1n) is 13.0. The Hall–Kier alpha value is -3.26. The largest absolute Gasteiger partial charge is 0.373 e. The van der Waals surface area contributed by atoms with Crippen LogP contribution in [0.15, 0.2) is 30.6 Å². The predicted molar refractivity (Wildman–Crippen MR) is 135 cm³/mol. The number of rotatable bonds is 6. The molecule has 0 amide bonds. The van der Waals surface area contributed by atoms with E-state index in [1.807, 2.05) is 32.2 Å². The van der Waals surface area contributed by atoms with Gasteiger partial charge in [0.25, 0.3) is 0 Å². The Morgan fingerprint density at radius 3 is 2.67 bits per heavy atom. The van der Waals surface area contributed by atoms with E-state index in [4.69, 9.17) is 24.7 Å².